The second kappa shape index (κ2) is 7.17. The van der Waals surface area contributed by atoms with E-state index in [-0.39, 0.29) is 12.6 Å². The lowest BCUT2D eigenvalue weighted by atomic mass is 10.1. The fourth-order valence-electron chi connectivity index (χ4n) is 1.53. The first-order chi connectivity index (χ1) is 9.29. The topological polar surface area (TPSA) is 41.1 Å². The number of rotatable bonds is 5. The number of urea groups is 1. The van der Waals surface area contributed by atoms with Gasteiger partial charge in [-0.15, -0.1) is 0 Å². The summed E-state index contributed by atoms with van der Waals surface area (Å²) < 4.78 is 37.1. The second-order valence-corrected chi connectivity index (χ2v) is 4.99. The number of hydrogen-bond donors (Lipinski definition) is 2. The van der Waals surface area contributed by atoms with Gasteiger partial charge >= 0.3 is 12.2 Å². The van der Waals surface area contributed by atoms with Crippen molar-refractivity contribution in [2.24, 2.45) is 5.92 Å². The minimum absolute atomic E-state index is 0.200. The molecule has 0 bridgehead atoms. The molecule has 0 saturated heterocycles. The molecular weight excluding hydrogens is 269 g/mol. The Balaban J connectivity index is 2.37. The Bertz CT molecular complexity index is 427. The predicted octanol–water partition coefficient (Wildman–Crippen LogP) is 3.55. The van der Waals surface area contributed by atoms with Gasteiger partial charge < -0.3 is 10.6 Å². The molecule has 0 aromatic heterocycles. The van der Waals surface area contributed by atoms with Crippen molar-refractivity contribution in [3.05, 3.63) is 35.4 Å². The van der Waals surface area contributed by atoms with E-state index in [9.17, 15) is 18.0 Å². The van der Waals surface area contributed by atoms with E-state index >= 15 is 0 Å². The fourth-order valence-corrected chi connectivity index (χ4v) is 1.53. The number of carbonyl (C=O) groups is 1. The monoisotopic (exact) mass is 288 g/mol. The van der Waals surface area contributed by atoms with Crippen molar-refractivity contribution in [3.63, 3.8) is 0 Å². The maximum Gasteiger partial charge on any atom is 0.416 e. The molecular formula is C14H19F3N2O. The zero-order valence-electron chi connectivity index (χ0n) is 11.6. The maximum absolute atomic E-state index is 12.4. The first-order valence-corrected chi connectivity index (χ1v) is 6.47. The van der Waals surface area contributed by atoms with Crippen molar-refractivity contribution in [2.45, 2.75) is 33.0 Å². The second-order valence-electron chi connectivity index (χ2n) is 4.99. The summed E-state index contributed by atoms with van der Waals surface area (Å²) in [6.07, 6.45) is -3.45. The number of alkyl halides is 3. The predicted molar refractivity (Wildman–Crippen MR) is 71.1 cm³/mol. The zero-order chi connectivity index (χ0) is 15.2. The first-order valence-electron chi connectivity index (χ1n) is 6.47. The van der Waals surface area contributed by atoms with Crippen molar-refractivity contribution < 1.29 is 18.0 Å². The number of hydrogen-bond acceptors (Lipinski definition) is 1. The molecule has 1 rings (SSSR count). The molecule has 0 saturated carbocycles. The molecule has 0 fully saturated rings. The van der Waals surface area contributed by atoms with E-state index < -0.39 is 11.7 Å². The average molecular weight is 288 g/mol. The van der Waals surface area contributed by atoms with Crippen LogP contribution >= 0.6 is 0 Å². The van der Waals surface area contributed by atoms with Crippen LogP contribution in [-0.2, 0) is 12.7 Å². The van der Waals surface area contributed by atoms with Gasteiger partial charge in [0.05, 0.1) is 5.56 Å². The molecule has 2 amide bonds. The number of halogens is 3. The Kier molecular flexibility index (Phi) is 5.85. The van der Waals surface area contributed by atoms with Crippen molar-refractivity contribution >= 4 is 6.03 Å². The molecule has 0 aliphatic rings. The standard InChI is InChI=1S/C14H19F3N2O/c1-10(2)7-8-18-13(20)19-9-11-3-5-12(6-4-11)14(15,16)17/h3-6,10H,7-9H2,1-2H3,(H2,18,19,20). The van der Waals surface area contributed by atoms with Gasteiger partial charge in [0.15, 0.2) is 0 Å². The van der Waals surface area contributed by atoms with Gasteiger partial charge in [-0.2, -0.15) is 13.2 Å². The molecule has 0 radical (unpaired) electrons. The summed E-state index contributed by atoms with van der Waals surface area (Å²) in [4.78, 5) is 11.4. The lowest BCUT2D eigenvalue weighted by molar-refractivity contribution is -0.137. The normalized spacial score (nSPS) is 11.5. The molecule has 0 atom stereocenters. The highest BCUT2D eigenvalue weighted by atomic mass is 19.4. The quantitative estimate of drug-likeness (QED) is 0.854. The first kappa shape index (κ1) is 16.3. The average Bonchev–Trinajstić information content (AvgIpc) is 2.35. The maximum atomic E-state index is 12.4. The molecule has 20 heavy (non-hydrogen) atoms. The van der Waals surface area contributed by atoms with Crippen molar-refractivity contribution in [1.82, 2.24) is 10.6 Å². The van der Waals surface area contributed by atoms with Gasteiger partial charge in [0.25, 0.3) is 0 Å². The zero-order valence-corrected chi connectivity index (χ0v) is 11.6. The largest absolute Gasteiger partial charge is 0.416 e. The van der Waals surface area contributed by atoms with Crippen LogP contribution in [0.15, 0.2) is 24.3 Å². The van der Waals surface area contributed by atoms with Gasteiger partial charge in [-0.25, -0.2) is 4.79 Å². The van der Waals surface area contributed by atoms with Crippen LogP contribution in [0.4, 0.5) is 18.0 Å². The number of nitrogens with one attached hydrogen (secondary N) is 2. The van der Waals surface area contributed by atoms with Gasteiger partial charge in [0.1, 0.15) is 0 Å². The van der Waals surface area contributed by atoms with Crippen molar-refractivity contribution in [3.8, 4) is 0 Å². The number of amides is 2. The molecule has 0 aliphatic carbocycles. The van der Waals surface area contributed by atoms with E-state index in [1.807, 2.05) is 0 Å². The molecule has 6 heteroatoms. The molecule has 0 spiro atoms. The third-order valence-corrected chi connectivity index (χ3v) is 2.74. The van der Waals surface area contributed by atoms with Crippen LogP contribution in [0.5, 0.6) is 0 Å². The molecule has 0 aliphatic heterocycles. The minimum atomic E-state index is -4.33. The lowest BCUT2D eigenvalue weighted by Crippen LogP contribution is -2.35. The Morgan fingerprint density at radius 2 is 1.75 bits per heavy atom. The van der Waals surface area contributed by atoms with Gasteiger partial charge in [-0.05, 0) is 30.0 Å². The molecule has 2 N–H and O–H groups in total. The highest BCUT2D eigenvalue weighted by Crippen LogP contribution is 2.28. The fraction of sp³-hybridized carbons (Fsp3) is 0.500. The summed E-state index contributed by atoms with van der Waals surface area (Å²) in [5.74, 6) is 0.505. The minimum Gasteiger partial charge on any atom is -0.338 e. The third kappa shape index (κ3) is 5.95. The highest BCUT2D eigenvalue weighted by Gasteiger charge is 2.29. The summed E-state index contributed by atoms with van der Waals surface area (Å²) in [6.45, 7) is 4.89. The van der Waals surface area contributed by atoms with Crippen LogP contribution in [0.25, 0.3) is 0 Å². The van der Waals surface area contributed by atoms with Gasteiger partial charge in [0.2, 0.25) is 0 Å². The van der Waals surface area contributed by atoms with Gasteiger partial charge in [0, 0.05) is 13.1 Å². The van der Waals surface area contributed by atoms with E-state index in [2.05, 4.69) is 24.5 Å². The smallest absolute Gasteiger partial charge is 0.338 e. The van der Waals surface area contributed by atoms with E-state index in [4.69, 9.17) is 0 Å². The van der Waals surface area contributed by atoms with E-state index in [1.165, 1.54) is 12.1 Å². The summed E-state index contributed by atoms with van der Waals surface area (Å²) in [6, 6.07) is 4.42. The van der Waals surface area contributed by atoms with E-state index in [1.54, 1.807) is 0 Å². The van der Waals surface area contributed by atoms with Crippen molar-refractivity contribution in [2.75, 3.05) is 6.54 Å². The van der Waals surface area contributed by atoms with Crippen LogP contribution in [-0.4, -0.2) is 12.6 Å². The van der Waals surface area contributed by atoms with Crippen LogP contribution in [0, 0.1) is 5.92 Å². The summed E-state index contributed by atoms with van der Waals surface area (Å²) in [7, 11) is 0. The van der Waals surface area contributed by atoms with E-state index in [0.717, 1.165) is 18.6 Å². The Hall–Kier alpha value is -1.72. The third-order valence-electron chi connectivity index (χ3n) is 2.74. The SMILES string of the molecule is CC(C)CCNC(=O)NCc1ccc(C(F)(F)F)cc1. The van der Waals surface area contributed by atoms with Crippen LogP contribution in [0.2, 0.25) is 0 Å². The Labute approximate surface area is 116 Å². The van der Waals surface area contributed by atoms with E-state index in [0.29, 0.717) is 18.0 Å². The van der Waals surface area contributed by atoms with Crippen LogP contribution < -0.4 is 10.6 Å². The van der Waals surface area contributed by atoms with Gasteiger partial charge in [-0.1, -0.05) is 26.0 Å². The molecule has 112 valence electrons. The van der Waals surface area contributed by atoms with Crippen molar-refractivity contribution in [1.29, 1.82) is 0 Å². The Morgan fingerprint density at radius 1 is 1.15 bits per heavy atom. The molecule has 3 nitrogen and oxygen atoms in total. The number of carbonyl (C=O) groups excluding carboxylic acids is 1. The number of benzene rings is 1. The van der Waals surface area contributed by atoms with Crippen LogP contribution in [0.1, 0.15) is 31.4 Å². The summed E-state index contributed by atoms with van der Waals surface area (Å²) in [5.41, 5.74) is -0.0698. The molecule has 0 heterocycles. The highest BCUT2D eigenvalue weighted by molar-refractivity contribution is 5.73. The molecule has 0 unspecified atom stereocenters. The summed E-state index contributed by atoms with van der Waals surface area (Å²) in [5, 5.41) is 5.29. The van der Waals surface area contributed by atoms with Gasteiger partial charge in [-0.3, -0.25) is 0 Å². The molecule has 1 aromatic rings. The molecule has 1 aromatic carbocycles. The van der Waals surface area contributed by atoms with Crippen LogP contribution in [0.3, 0.4) is 0 Å². The Morgan fingerprint density at radius 3 is 2.25 bits per heavy atom. The lowest BCUT2D eigenvalue weighted by Gasteiger charge is -2.10. The summed E-state index contributed by atoms with van der Waals surface area (Å²) >= 11 is 0.